The molecule has 1 aromatic carbocycles. The number of halogens is 3. The van der Waals surface area contributed by atoms with Crippen molar-refractivity contribution < 1.29 is 13.2 Å². The molecular weight excluding hydrogens is 321 g/mol. The van der Waals surface area contributed by atoms with Gasteiger partial charge >= 0.3 is 6.18 Å². The molecule has 1 fully saturated rings. The molecule has 9 heteroatoms. The zero-order valence-corrected chi connectivity index (χ0v) is 13.0. The third-order valence-corrected chi connectivity index (χ3v) is 4.35. The fourth-order valence-corrected chi connectivity index (χ4v) is 2.95. The van der Waals surface area contributed by atoms with E-state index in [4.69, 9.17) is 0 Å². The van der Waals surface area contributed by atoms with Crippen LogP contribution >= 0.6 is 0 Å². The summed E-state index contributed by atoms with van der Waals surface area (Å²) in [4.78, 5) is 8.84. The maximum Gasteiger partial charge on any atom is 0.416 e. The van der Waals surface area contributed by atoms with Crippen LogP contribution in [-0.4, -0.2) is 57.9 Å². The predicted molar refractivity (Wildman–Crippen MR) is 83.0 cm³/mol. The van der Waals surface area contributed by atoms with Gasteiger partial charge in [0.25, 0.3) is 0 Å². The van der Waals surface area contributed by atoms with Crippen LogP contribution in [0.5, 0.6) is 0 Å². The fourth-order valence-electron chi connectivity index (χ4n) is 2.95. The van der Waals surface area contributed by atoms with Crippen LogP contribution in [0.4, 0.5) is 19.1 Å². The zero-order chi connectivity index (χ0) is 16.9. The molecule has 1 aliphatic heterocycles. The first-order valence-electron chi connectivity index (χ1n) is 7.58. The summed E-state index contributed by atoms with van der Waals surface area (Å²) in [7, 11) is 2.05. The molecule has 0 spiro atoms. The summed E-state index contributed by atoms with van der Waals surface area (Å²) >= 11 is 0. The fraction of sp³-hybridized carbons (Fsp3) is 0.400. The summed E-state index contributed by atoms with van der Waals surface area (Å²) in [6.45, 7) is 3.35. The van der Waals surface area contributed by atoms with E-state index < -0.39 is 11.7 Å². The molecule has 0 radical (unpaired) electrons. The lowest BCUT2D eigenvalue weighted by Gasteiger charge is -2.33. The zero-order valence-electron chi connectivity index (χ0n) is 13.0. The summed E-state index contributed by atoms with van der Waals surface area (Å²) in [6, 6.07) is 3.57. The van der Waals surface area contributed by atoms with Crippen molar-refractivity contribution in [1.82, 2.24) is 24.7 Å². The number of aromatic nitrogens is 4. The Kier molecular flexibility index (Phi) is 3.34. The molecule has 0 unspecified atom stereocenters. The lowest BCUT2D eigenvalue weighted by Crippen LogP contribution is -2.45. The van der Waals surface area contributed by atoms with Gasteiger partial charge in [-0.2, -0.15) is 17.7 Å². The number of likely N-dealkylation sites (N-methyl/N-ethyl adjacent to an activating group) is 1. The number of anilines is 1. The van der Waals surface area contributed by atoms with Gasteiger partial charge in [0.2, 0.25) is 5.95 Å². The average Bonchev–Trinajstić information content (AvgIpc) is 3.03. The van der Waals surface area contributed by atoms with Crippen LogP contribution in [0.1, 0.15) is 5.56 Å². The number of piperazine rings is 1. The van der Waals surface area contributed by atoms with Gasteiger partial charge in [-0.15, -0.1) is 5.10 Å². The van der Waals surface area contributed by atoms with Gasteiger partial charge in [0.05, 0.1) is 22.8 Å². The van der Waals surface area contributed by atoms with Gasteiger partial charge in [0.15, 0.2) is 0 Å². The molecule has 1 saturated heterocycles. The highest BCUT2D eigenvalue weighted by atomic mass is 19.4. The third-order valence-electron chi connectivity index (χ3n) is 4.35. The highest BCUT2D eigenvalue weighted by Crippen LogP contribution is 2.33. The van der Waals surface area contributed by atoms with Gasteiger partial charge in [-0.25, -0.2) is 4.98 Å². The first kappa shape index (κ1) is 15.1. The maximum atomic E-state index is 13.0. The van der Waals surface area contributed by atoms with E-state index in [0.29, 0.717) is 22.4 Å². The van der Waals surface area contributed by atoms with E-state index in [0.717, 1.165) is 38.3 Å². The largest absolute Gasteiger partial charge is 0.416 e. The van der Waals surface area contributed by atoms with Crippen LogP contribution < -0.4 is 4.90 Å². The molecule has 3 heterocycles. The summed E-state index contributed by atoms with van der Waals surface area (Å²) in [6.07, 6.45) is -2.92. The van der Waals surface area contributed by atoms with E-state index in [2.05, 4.69) is 32.1 Å². The van der Waals surface area contributed by atoms with E-state index >= 15 is 0 Å². The van der Waals surface area contributed by atoms with Gasteiger partial charge in [-0.3, -0.25) is 0 Å². The monoisotopic (exact) mass is 336 g/mol. The van der Waals surface area contributed by atoms with E-state index in [1.165, 1.54) is 16.8 Å². The van der Waals surface area contributed by atoms with Crippen molar-refractivity contribution in [2.24, 2.45) is 0 Å². The molecule has 0 aliphatic carbocycles. The normalized spacial score (nSPS) is 17.1. The molecule has 0 atom stereocenters. The Labute approximate surface area is 135 Å². The van der Waals surface area contributed by atoms with Crippen LogP contribution in [0.3, 0.4) is 0 Å². The first-order chi connectivity index (χ1) is 11.4. The van der Waals surface area contributed by atoms with Gasteiger partial charge in [-0.1, -0.05) is 5.21 Å². The highest BCUT2D eigenvalue weighted by Gasteiger charge is 2.31. The second kappa shape index (κ2) is 5.30. The first-order valence-corrected chi connectivity index (χ1v) is 7.58. The molecule has 3 aromatic rings. The summed E-state index contributed by atoms with van der Waals surface area (Å²) in [5.41, 5.74) is 0.332. The Balaban J connectivity index is 1.88. The number of fused-ring (bicyclic) bond motifs is 3. The standard InChI is InChI=1S/C15H15F3N6/c1-22-4-6-23(7-5-22)14-20-12-3-2-10(15(16,17)18)8-11(12)13-9-19-21-24(13)14/h2-3,8-9H,4-7H2,1H3. The minimum absolute atomic E-state index is 0.396. The molecule has 4 rings (SSSR count). The number of hydrogen-bond donors (Lipinski definition) is 0. The van der Waals surface area contributed by atoms with Crippen molar-refractivity contribution in [2.45, 2.75) is 6.18 Å². The van der Waals surface area contributed by atoms with Crippen molar-refractivity contribution >= 4 is 22.4 Å². The summed E-state index contributed by atoms with van der Waals surface area (Å²) < 4.78 is 40.5. The molecule has 126 valence electrons. The molecule has 0 N–H and O–H groups in total. The smallest absolute Gasteiger partial charge is 0.338 e. The number of benzene rings is 1. The Hall–Kier alpha value is -2.42. The number of nitrogens with zero attached hydrogens (tertiary/aromatic N) is 6. The van der Waals surface area contributed by atoms with Crippen LogP contribution in [0.15, 0.2) is 24.4 Å². The van der Waals surface area contributed by atoms with E-state index in [1.807, 2.05) is 0 Å². The molecule has 2 aromatic heterocycles. The highest BCUT2D eigenvalue weighted by molar-refractivity contribution is 5.94. The second-order valence-electron chi connectivity index (χ2n) is 5.96. The van der Waals surface area contributed by atoms with Crippen molar-refractivity contribution in [3.63, 3.8) is 0 Å². The Morgan fingerprint density at radius 2 is 1.83 bits per heavy atom. The van der Waals surface area contributed by atoms with E-state index in [1.54, 1.807) is 0 Å². The quantitative estimate of drug-likeness (QED) is 0.681. The van der Waals surface area contributed by atoms with Gasteiger partial charge in [0.1, 0.15) is 0 Å². The number of alkyl halides is 3. The SMILES string of the molecule is CN1CCN(c2nc3ccc(C(F)(F)F)cc3c3cnnn23)CC1. The summed E-state index contributed by atoms with van der Waals surface area (Å²) in [5, 5.41) is 8.29. The van der Waals surface area contributed by atoms with Gasteiger partial charge in [-0.05, 0) is 25.2 Å². The topological polar surface area (TPSA) is 49.6 Å². The Bertz CT molecular complexity index is 895. The number of rotatable bonds is 1. The molecule has 0 bridgehead atoms. The van der Waals surface area contributed by atoms with Crippen molar-refractivity contribution in [3.05, 3.63) is 30.0 Å². The maximum absolute atomic E-state index is 13.0. The Morgan fingerprint density at radius 1 is 1.08 bits per heavy atom. The van der Waals surface area contributed by atoms with Crippen LogP contribution in [0.2, 0.25) is 0 Å². The molecule has 0 saturated carbocycles. The molecule has 0 amide bonds. The molecule has 1 aliphatic rings. The van der Waals surface area contributed by atoms with E-state index in [9.17, 15) is 13.2 Å². The second-order valence-corrected chi connectivity index (χ2v) is 5.96. The lowest BCUT2D eigenvalue weighted by atomic mass is 10.1. The van der Waals surface area contributed by atoms with E-state index in [-0.39, 0.29) is 0 Å². The van der Waals surface area contributed by atoms with Crippen LogP contribution in [0, 0.1) is 0 Å². The minimum Gasteiger partial charge on any atom is -0.338 e. The number of hydrogen-bond acceptors (Lipinski definition) is 5. The van der Waals surface area contributed by atoms with Crippen LogP contribution in [-0.2, 0) is 6.18 Å². The third kappa shape index (κ3) is 2.44. The van der Waals surface area contributed by atoms with Crippen molar-refractivity contribution in [2.75, 3.05) is 38.1 Å². The average molecular weight is 336 g/mol. The molecular formula is C15H15F3N6. The molecule has 6 nitrogen and oxygen atoms in total. The van der Waals surface area contributed by atoms with Gasteiger partial charge in [0, 0.05) is 31.6 Å². The minimum atomic E-state index is -4.39. The van der Waals surface area contributed by atoms with Gasteiger partial charge < -0.3 is 9.80 Å². The lowest BCUT2D eigenvalue weighted by molar-refractivity contribution is -0.137. The van der Waals surface area contributed by atoms with Crippen molar-refractivity contribution in [1.29, 1.82) is 0 Å². The summed E-state index contributed by atoms with van der Waals surface area (Å²) in [5.74, 6) is 0.614. The molecule has 24 heavy (non-hydrogen) atoms. The van der Waals surface area contributed by atoms with Crippen molar-refractivity contribution in [3.8, 4) is 0 Å². The predicted octanol–water partition coefficient (Wildman–Crippen LogP) is 2.05. The van der Waals surface area contributed by atoms with Crippen LogP contribution in [0.25, 0.3) is 16.4 Å². The Morgan fingerprint density at radius 3 is 2.54 bits per heavy atom.